The van der Waals surface area contributed by atoms with Gasteiger partial charge in [-0.05, 0) is 91.9 Å². The third kappa shape index (κ3) is 10.8. The molecule has 1 heterocycles. The third-order valence-corrected chi connectivity index (χ3v) is 10.6. The summed E-state index contributed by atoms with van der Waals surface area (Å²) in [5, 5.41) is 10.9. The second kappa shape index (κ2) is 18.9. The fourth-order valence-electron chi connectivity index (χ4n) is 5.38. The van der Waals surface area contributed by atoms with E-state index in [1.807, 2.05) is 30.3 Å². The van der Waals surface area contributed by atoms with Gasteiger partial charge in [-0.2, -0.15) is 0 Å². The van der Waals surface area contributed by atoms with E-state index in [0.717, 1.165) is 22.5 Å². The summed E-state index contributed by atoms with van der Waals surface area (Å²) >= 11 is 2.24. The van der Waals surface area contributed by atoms with Crippen LogP contribution < -0.4 is 21.3 Å². The van der Waals surface area contributed by atoms with E-state index in [0.29, 0.717) is 33.3 Å². The van der Waals surface area contributed by atoms with Crippen molar-refractivity contribution in [2.24, 2.45) is 0 Å². The number of thiophene rings is 1. The van der Waals surface area contributed by atoms with Crippen molar-refractivity contribution in [3.8, 4) is 0 Å². The molecule has 0 aliphatic rings. The van der Waals surface area contributed by atoms with E-state index in [9.17, 15) is 24.0 Å². The van der Waals surface area contributed by atoms with E-state index in [1.165, 1.54) is 11.8 Å². The molecule has 5 aromatic rings. The monoisotopic (exact) mass is 774 g/mol. The zero-order chi connectivity index (χ0) is 39.5. The Morgan fingerprint density at radius 3 is 2.07 bits per heavy atom. The Morgan fingerprint density at radius 1 is 0.764 bits per heavy atom. The predicted octanol–water partition coefficient (Wildman–Crippen LogP) is 9.14. The van der Waals surface area contributed by atoms with Gasteiger partial charge in [-0.25, -0.2) is 4.79 Å². The first-order valence-corrected chi connectivity index (χ1v) is 19.4. The summed E-state index contributed by atoms with van der Waals surface area (Å²) in [6.07, 6.45) is 1.62. The molecule has 0 saturated heterocycles. The standard InChI is InChI=1S/C43H42N4O6S2/c1-6-53-43(52)36-27(4)37(41(51)44-32-16-11-8-12-17-32)55-42(36)47-38(48)28(5)54-34-19-13-18-33(25-34)45-40(50)35(46-39(49)31-14-9-7-10-15-31)24-29-20-22-30(23-21-29)26(2)3/h7-26,28H,6H2,1-5H3,(H,44,51)(H,45,50)(H,46,49)(H,47,48)/b35-24+. The second-order valence-electron chi connectivity index (χ2n) is 12.7. The molecule has 0 saturated carbocycles. The van der Waals surface area contributed by atoms with Crippen molar-refractivity contribution in [3.05, 3.63) is 148 Å². The van der Waals surface area contributed by atoms with E-state index in [1.54, 1.807) is 106 Å². The van der Waals surface area contributed by atoms with Crippen LogP contribution in [0.5, 0.6) is 0 Å². The van der Waals surface area contributed by atoms with Crippen molar-refractivity contribution in [1.82, 2.24) is 5.32 Å². The molecule has 0 spiro atoms. The number of carbonyl (C=O) groups is 5. The van der Waals surface area contributed by atoms with Gasteiger partial charge in [0.15, 0.2) is 0 Å². The Balaban J connectivity index is 1.31. The highest BCUT2D eigenvalue weighted by atomic mass is 32.2. The number of benzene rings is 4. The maximum Gasteiger partial charge on any atom is 0.341 e. The normalized spacial score (nSPS) is 11.7. The number of carbonyl (C=O) groups excluding carboxylic acids is 5. The molecule has 10 nitrogen and oxygen atoms in total. The van der Waals surface area contributed by atoms with Crippen molar-refractivity contribution < 1.29 is 28.7 Å². The van der Waals surface area contributed by atoms with Gasteiger partial charge in [-0.3, -0.25) is 19.2 Å². The third-order valence-electron chi connectivity index (χ3n) is 8.32. The molecule has 12 heteroatoms. The van der Waals surface area contributed by atoms with Crippen LogP contribution in [0.4, 0.5) is 16.4 Å². The van der Waals surface area contributed by atoms with Gasteiger partial charge in [-0.15, -0.1) is 23.1 Å². The zero-order valence-corrected chi connectivity index (χ0v) is 32.7. The lowest BCUT2D eigenvalue weighted by Gasteiger charge is -2.14. The second-order valence-corrected chi connectivity index (χ2v) is 15.2. The molecule has 1 atom stereocenters. The molecule has 0 radical (unpaired) electrons. The smallest absolute Gasteiger partial charge is 0.341 e. The maximum atomic E-state index is 13.7. The van der Waals surface area contributed by atoms with Crippen LogP contribution in [0.25, 0.3) is 6.08 Å². The van der Waals surface area contributed by atoms with Crippen molar-refractivity contribution in [2.45, 2.75) is 50.7 Å². The van der Waals surface area contributed by atoms with Crippen LogP contribution in [0.3, 0.4) is 0 Å². The van der Waals surface area contributed by atoms with Crippen molar-refractivity contribution in [1.29, 1.82) is 0 Å². The predicted molar refractivity (Wildman–Crippen MR) is 221 cm³/mol. The molecular weight excluding hydrogens is 733 g/mol. The Bertz CT molecular complexity index is 2200. The average molecular weight is 775 g/mol. The highest BCUT2D eigenvalue weighted by Gasteiger charge is 2.28. The summed E-state index contributed by atoms with van der Waals surface area (Å²) in [7, 11) is 0. The van der Waals surface area contributed by atoms with Gasteiger partial charge in [0.25, 0.3) is 17.7 Å². The van der Waals surface area contributed by atoms with Gasteiger partial charge >= 0.3 is 5.97 Å². The number of nitrogens with one attached hydrogen (secondary N) is 4. The van der Waals surface area contributed by atoms with E-state index >= 15 is 0 Å². The Labute approximate surface area is 328 Å². The Morgan fingerprint density at radius 2 is 1.42 bits per heavy atom. The minimum absolute atomic E-state index is 0.0532. The van der Waals surface area contributed by atoms with E-state index in [-0.39, 0.29) is 27.7 Å². The van der Waals surface area contributed by atoms with Gasteiger partial charge in [0.05, 0.1) is 22.3 Å². The summed E-state index contributed by atoms with van der Waals surface area (Å²) in [6, 6.07) is 32.3. The van der Waals surface area contributed by atoms with E-state index in [2.05, 4.69) is 35.1 Å². The minimum atomic E-state index is -0.653. The van der Waals surface area contributed by atoms with Gasteiger partial charge in [0, 0.05) is 21.8 Å². The molecule has 0 aliphatic heterocycles. The molecule has 1 unspecified atom stereocenters. The van der Waals surface area contributed by atoms with E-state index < -0.39 is 34.8 Å². The molecule has 55 heavy (non-hydrogen) atoms. The highest BCUT2D eigenvalue weighted by molar-refractivity contribution is 8.00. The van der Waals surface area contributed by atoms with Crippen molar-refractivity contribution in [2.75, 3.05) is 22.6 Å². The average Bonchev–Trinajstić information content (AvgIpc) is 3.50. The largest absolute Gasteiger partial charge is 0.462 e. The lowest BCUT2D eigenvalue weighted by atomic mass is 10.0. The molecule has 0 aliphatic carbocycles. The quantitative estimate of drug-likeness (QED) is 0.0501. The number of thioether (sulfide) groups is 1. The Kier molecular flexibility index (Phi) is 13.8. The number of esters is 1. The zero-order valence-electron chi connectivity index (χ0n) is 31.1. The number of hydrogen-bond acceptors (Lipinski definition) is 8. The van der Waals surface area contributed by atoms with Crippen molar-refractivity contribution in [3.63, 3.8) is 0 Å². The van der Waals surface area contributed by atoms with Crippen LogP contribution in [0.15, 0.2) is 120 Å². The van der Waals surface area contributed by atoms with Gasteiger partial charge in [-0.1, -0.05) is 80.6 Å². The van der Waals surface area contributed by atoms with Crippen molar-refractivity contribution >= 4 is 75.1 Å². The SMILES string of the molecule is CCOC(=O)c1c(NC(=O)C(C)Sc2cccc(NC(=O)/C(=C\c3ccc(C(C)C)cc3)NC(=O)c3ccccc3)c2)sc(C(=O)Nc2ccccc2)c1C. The molecule has 4 aromatic carbocycles. The fraction of sp³-hybridized carbons (Fsp3) is 0.186. The molecule has 4 N–H and O–H groups in total. The lowest BCUT2D eigenvalue weighted by molar-refractivity contribution is -0.115. The van der Waals surface area contributed by atoms with Gasteiger partial charge < -0.3 is 26.0 Å². The van der Waals surface area contributed by atoms with Crippen LogP contribution >= 0.6 is 23.1 Å². The van der Waals surface area contributed by atoms with Gasteiger partial charge in [0.1, 0.15) is 10.7 Å². The number of anilines is 3. The number of rotatable bonds is 14. The van der Waals surface area contributed by atoms with Crippen LogP contribution in [0.2, 0.25) is 0 Å². The topological polar surface area (TPSA) is 143 Å². The first-order valence-electron chi connectivity index (χ1n) is 17.7. The fourth-order valence-corrected chi connectivity index (χ4v) is 7.40. The molecule has 282 valence electrons. The summed E-state index contributed by atoms with van der Waals surface area (Å²) in [4.78, 5) is 67.5. The van der Waals surface area contributed by atoms with Crippen LogP contribution in [-0.4, -0.2) is 41.5 Å². The first-order chi connectivity index (χ1) is 26.4. The van der Waals surface area contributed by atoms with Crippen LogP contribution in [-0.2, 0) is 14.3 Å². The lowest BCUT2D eigenvalue weighted by Crippen LogP contribution is -2.30. The Hall–Kier alpha value is -5.98. The van der Waals surface area contributed by atoms with Crippen LogP contribution in [0.1, 0.15) is 80.7 Å². The number of ether oxygens (including phenoxy) is 1. The van der Waals surface area contributed by atoms with Crippen LogP contribution in [0, 0.1) is 6.92 Å². The number of hydrogen-bond donors (Lipinski definition) is 4. The highest BCUT2D eigenvalue weighted by Crippen LogP contribution is 2.35. The molecule has 4 amide bonds. The molecule has 1 aromatic heterocycles. The molecule has 0 fully saturated rings. The first kappa shape index (κ1) is 40.2. The summed E-state index contributed by atoms with van der Waals surface area (Å²) in [5.74, 6) is -2.08. The minimum Gasteiger partial charge on any atom is -0.462 e. The summed E-state index contributed by atoms with van der Waals surface area (Å²) in [5.41, 5.74) is 3.91. The molecule has 0 bridgehead atoms. The molecular formula is C43H42N4O6S2. The van der Waals surface area contributed by atoms with E-state index in [4.69, 9.17) is 4.74 Å². The summed E-state index contributed by atoms with van der Waals surface area (Å²) < 4.78 is 5.27. The molecule has 5 rings (SSSR count). The number of para-hydroxylation sites is 1. The summed E-state index contributed by atoms with van der Waals surface area (Å²) in [6.45, 7) is 9.35. The maximum absolute atomic E-state index is 13.7. The van der Waals surface area contributed by atoms with Gasteiger partial charge in [0.2, 0.25) is 5.91 Å². The number of amides is 4.